The van der Waals surface area contributed by atoms with Crippen molar-refractivity contribution in [2.24, 2.45) is 0 Å². The first-order valence-corrected chi connectivity index (χ1v) is 7.49. The number of amides is 1. The normalized spacial score (nSPS) is 21.6. The van der Waals surface area contributed by atoms with Crippen molar-refractivity contribution < 1.29 is 32.6 Å². The molecule has 24 heavy (non-hydrogen) atoms. The van der Waals surface area contributed by atoms with Gasteiger partial charge < -0.3 is 14.7 Å². The summed E-state index contributed by atoms with van der Waals surface area (Å²) in [4.78, 5) is 25.1. The number of ether oxygens (including phenoxy) is 1. The van der Waals surface area contributed by atoms with Crippen LogP contribution in [0.2, 0.25) is 0 Å². The molecule has 8 heteroatoms. The first-order valence-electron chi connectivity index (χ1n) is 7.49. The molecule has 1 N–H and O–H groups in total. The van der Waals surface area contributed by atoms with Crippen LogP contribution >= 0.6 is 0 Å². The van der Waals surface area contributed by atoms with Crippen molar-refractivity contribution in [3.63, 3.8) is 0 Å². The number of hydrogen-bond donors (Lipinski definition) is 1. The molecule has 0 aliphatic carbocycles. The molecule has 1 aliphatic heterocycles. The van der Waals surface area contributed by atoms with Crippen LogP contribution in [0, 0.1) is 0 Å². The summed E-state index contributed by atoms with van der Waals surface area (Å²) < 4.78 is 42.6. The zero-order valence-electron chi connectivity index (χ0n) is 13.0. The Morgan fingerprint density at radius 1 is 1.29 bits per heavy atom. The Bertz CT molecular complexity index is 618. The molecule has 0 spiro atoms. The topological polar surface area (TPSA) is 66.8 Å². The Morgan fingerprint density at radius 2 is 1.96 bits per heavy atom. The fourth-order valence-electron chi connectivity index (χ4n) is 2.65. The number of carboxylic acids is 1. The number of morpholine rings is 1. The van der Waals surface area contributed by atoms with Gasteiger partial charge in [0.15, 0.2) is 6.10 Å². The van der Waals surface area contributed by atoms with Gasteiger partial charge >= 0.3 is 12.1 Å². The van der Waals surface area contributed by atoms with Gasteiger partial charge in [0.1, 0.15) is 0 Å². The number of halogens is 3. The van der Waals surface area contributed by atoms with E-state index in [-0.39, 0.29) is 25.1 Å². The van der Waals surface area contributed by atoms with Crippen molar-refractivity contribution in [2.45, 2.75) is 38.1 Å². The van der Waals surface area contributed by atoms with E-state index in [1.165, 1.54) is 17.0 Å². The third kappa shape index (κ3) is 4.70. The van der Waals surface area contributed by atoms with Crippen LogP contribution in [-0.2, 0) is 16.0 Å². The van der Waals surface area contributed by atoms with Crippen molar-refractivity contribution in [3.05, 3.63) is 35.4 Å². The molecular weight excluding hydrogens is 327 g/mol. The molecule has 1 fully saturated rings. The van der Waals surface area contributed by atoms with Crippen LogP contribution in [0.3, 0.4) is 0 Å². The summed E-state index contributed by atoms with van der Waals surface area (Å²) in [5, 5.41) is 9.07. The third-order valence-electron chi connectivity index (χ3n) is 3.75. The second-order valence-electron chi connectivity index (χ2n) is 5.76. The van der Waals surface area contributed by atoms with Gasteiger partial charge in [-0.25, -0.2) is 4.79 Å². The lowest BCUT2D eigenvalue weighted by Crippen LogP contribution is -2.51. The van der Waals surface area contributed by atoms with Gasteiger partial charge in [0, 0.05) is 18.5 Å². The predicted octanol–water partition coefficient (Wildman–Crippen LogP) is 2.50. The lowest BCUT2D eigenvalue weighted by Gasteiger charge is -2.35. The Labute approximate surface area is 137 Å². The van der Waals surface area contributed by atoms with Crippen molar-refractivity contribution >= 4 is 11.9 Å². The fourth-order valence-corrected chi connectivity index (χ4v) is 2.65. The monoisotopic (exact) mass is 345 g/mol. The maximum Gasteiger partial charge on any atom is 0.389 e. The predicted molar refractivity (Wildman–Crippen MR) is 78.7 cm³/mol. The average Bonchev–Trinajstić information content (AvgIpc) is 2.51. The van der Waals surface area contributed by atoms with Crippen molar-refractivity contribution in [1.29, 1.82) is 0 Å². The highest BCUT2D eigenvalue weighted by atomic mass is 19.4. The van der Waals surface area contributed by atoms with E-state index >= 15 is 0 Å². The lowest BCUT2D eigenvalue weighted by molar-refractivity contribution is -0.160. The SMILES string of the molecule is C[C@@H]1CN(C(=O)c2ccccc2CCC(F)(F)F)CC(C(=O)O)O1. The van der Waals surface area contributed by atoms with Crippen molar-refractivity contribution in [3.8, 4) is 0 Å². The quantitative estimate of drug-likeness (QED) is 0.910. The first-order chi connectivity index (χ1) is 11.2. The van der Waals surface area contributed by atoms with Crippen LogP contribution in [0.4, 0.5) is 13.2 Å². The van der Waals surface area contributed by atoms with E-state index in [1.807, 2.05) is 0 Å². The number of carbonyl (C=O) groups excluding carboxylic acids is 1. The molecule has 1 unspecified atom stereocenters. The van der Waals surface area contributed by atoms with Gasteiger partial charge in [-0.3, -0.25) is 4.79 Å². The first kappa shape index (κ1) is 18.3. The van der Waals surface area contributed by atoms with E-state index in [0.717, 1.165) is 0 Å². The standard InChI is InChI=1S/C16H18F3NO4/c1-10-8-20(9-13(24-10)15(22)23)14(21)12-5-3-2-4-11(12)6-7-16(17,18)19/h2-5,10,13H,6-9H2,1H3,(H,22,23)/t10-,13?/m1/s1. The van der Waals surface area contributed by atoms with E-state index in [4.69, 9.17) is 9.84 Å². The summed E-state index contributed by atoms with van der Waals surface area (Å²) in [6.45, 7) is 1.70. The average molecular weight is 345 g/mol. The molecule has 0 radical (unpaired) electrons. The number of alkyl halides is 3. The zero-order valence-corrected chi connectivity index (χ0v) is 13.0. The zero-order chi connectivity index (χ0) is 17.9. The Balaban J connectivity index is 2.18. The molecule has 1 aromatic carbocycles. The van der Waals surface area contributed by atoms with E-state index < -0.39 is 36.7 Å². The van der Waals surface area contributed by atoms with Gasteiger partial charge in [0.25, 0.3) is 5.91 Å². The molecule has 1 saturated heterocycles. The minimum atomic E-state index is -4.31. The summed E-state index contributed by atoms with van der Waals surface area (Å²) >= 11 is 0. The van der Waals surface area contributed by atoms with E-state index in [1.54, 1.807) is 19.1 Å². The summed E-state index contributed by atoms with van der Waals surface area (Å²) in [6.07, 6.45) is -7.23. The molecule has 0 aromatic heterocycles. The summed E-state index contributed by atoms with van der Waals surface area (Å²) in [5.74, 6) is -1.65. The molecule has 1 heterocycles. The molecule has 1 amide bonds. The molecule has 2 atom stereocenters. The maximum atomic E-state index is 12.7. The highest BCUT2D eigenvalue weighted by Crippen LogP contribution is 2.24. The van der Waals surface area contributed by atoms with Gasteiger partial charge in [0.05, 0.1) is 12.6 Å². The molecular formula is C16H18F3NO4. The Hall–Kier alpha value is -2.09. The number of benzene rings is 1. The number of nitrogens with zero attached hydrogens (tertiary/aromatic N) is 1. The lowest BCUT2D eigenvalue weighted by atomic mass is 10.0. The summed E-state index contributed by atoms with van der Waals surface area (Å²) in [6, 6.07) is 6.09. The number of aliphatic carboxylic acids is 1. The number of carbonyl (C=O) groups is 2. The summed E-state index contributed by atoms with van der Waals surface area (Å²) in [7, 11) is 0. The van der Waals surface area contributed by atoms with Crippen LogP contribution in [0.5, 0.6) is 0 Å². The molecule has 132 valence electrons. The van der Waals surface area contributed by atoms with E-state index in [9.17, 15) is 22.8 Å². The number of carboxylic acid groups (broad SMARTS) is 1. The fraction of sp³-hybridized carbons (Fsp3) is 0.500. The molecule has 1 aromatic rings. The maximum absolute atomic E-state index is 12.7. The largest absolute Gasteiger partial charge is 0.479 e. The van der Waals surface area contributed by atoms with Crippen LogP contribution in [0.1, 0.15) is 29.3 Å². The smallest absolute Gasteiger partial charge is 0.389 e. The van der Waals surface area contributed by atoms with Crippen LogP contribution < -0.4 is 0 Å². The summed E-state index contributed by atoms with van der Waals surface area (Å²) in [5.41, 5.74) is 0.464. The third-order valence-corrected chi connectivity index (χ3v) is 3.75. The highest BCUT2D eigenvalue weighted by molar-refractivity contribution is 5.96. The minimum absolute atomic E-state index is 0.133. The highest BCUT2D eigenvalue weighted by Gasteiger charge is 2.34. The molecule has 5 nitrogen and oxygen atoms in total. The van der Waals surface area contributed by atoms with Crippen molar-refractivity contribution in [2.75, 3.05) is 13.1 Å². The minimum Gasteiger partial charge on any atom is -0.479 e. The van der Waals surface area contributed by atoms with Gasteiger partial charge in [0.2, 0.25) is 0 Å². The number of rotatable bonds is 4. The van der Waals surface area contributed by atoms with Crippen LogP contribution in [-0.4, -0.2) is 53.4 Å². The number of hydrogen-bond acceptors (Lipinski definition) is 3. The van der Waals surface area contributed by atoms with E-state index in [2.05, 4.69) is 0 Å². The van der Waals surface area contributed by atoms with E-state index in [0.29, 0.717) is 5.56 Å². The number of aryl methyl sites for hydroxylation is 1. The van der Waals surface area contributed by atoms with Crippen molar-refractivity contribution in [1.82, 2.24) is 4.90 Å². The van der Waals surface area contributed by atoms with Gasteiger partial charge in [-0.2, -0.15) is 13.2 Å². The molecule has 0 bridgehead atoms. The molecule has 1 aliphatic rings. The second kappa shape index (κ2) is 7.21. The Kier molecular flexibility index (Phi) is 5.48. The van der Waals surface area contributed by atoms with Gasteiger partial charge in [-0.15, -0.1) is 0 Å². The second-order valence-corrected chi connectivity index (χ2v) is 5.76. The molecule has 0 saturated carbocycles. The Morgan fingerprint density at radius 3 is 2.58 bits per heavy atom. The molecule has 2 rings (SSSR count). The van der Waals surface area contributed by atoms with Gasteiger partial charge in [-0.1, -0.05) is 18.2 Å². The van der Waals surface area contributed by atoms with Crippen LogP contribution in [0.15, 0.2) is 24.3 Å². The van der Waals surface area contributed by atoms with Gasteiger partial charge in [-0.05, 0) is 25.0 Å². The van der Waals surface area contributed by atoms with Crippen LogP contribution in [0.25, 0.3) is 0 Å².